The Morgan fingerprint density at radius 2 is 1.11 bits per heavy atom. The third-order valence-corrected chi connectivity index (χ3v) is 9.77. The van der Waals surface area contributed by atoms with Crippen LogP contribution in [-0.4, -0.2) is 4.57 Å². The summed E-state index contributed by atoms with van der Waals surface area (Å²) in [4.78, 5) is 2.38. The van der Waals surface area contributed by atoms with E-state index in [1.54, 1.807) is 0 Å². The molecule has 2 heteroatoms. The maximum Gasteiger partial charge on any atom is 0.0547 e. The van der Waals surface area contributed by atoms with Crippen LogP contribution in [0.25, 0.3) is 49.4 Å². The van der Waals surface area contributed by atoms with Crippen LogP contribution in [0.3, 0.4) is 0 Å². The highest BCUT2D eigenvalue weighted by atomic mass is 15.1. The van der Waals surface area contributed by atoms with Crippen molar-refractivity contribution in [1.82, 2.24) is 4.57 Å². The van der Waals surface area contributed by atoms with E-state index in [0.717, 1.165) is 22.7 Å². The van der Waals surface area contributed by atoms with Gasteiger partial charge in [0.05, 0.1) is 11.0 Å². The van der Waals surface area contributed by atoms with Crippen LogP contribution in [0.1, 0.15) is 25.0 Å². The van der Waals surface area contributed by atoms with Crippen molar-refractivity contribution in [2.75, 3.05) is 4.90 Å². The lowest BCUT2D eigenvalue weighted by Crippen LogP contribution is -2.16. The molecule has 1 aliphatic rings. The van der Waals surface area contributed by atoms with Gasteiger partial charge in [-0.15, -0.1) is 0 Å². The predicted octanol–water partition coefficient (Wildman–Crippen LogP) is 11.7. The van der Waals surface area contributed by atoms with E-state index in [4.69, 9.17) is 0 Å². The summed E-state index contributed by atoms with van der Waals surface area (Å²) in [6.07, 6.45) is 0. The van der Waals surface area contributed by atoms with Gasteiger partial charge in [-0.25, -0.2) is 0 Å². The monoisotopic (exact) mass is 576 g/mol. The molecule has 0 aliphatic heterocycles. The van der Waals surface area contributed by atoms with Crippen LogP contribution in [-0.2, 0) is 5.41 Å². The molecule has 0 unspecified atom stereocenters. The number of rotatable bonds is 4. The van der Waals surface area contributed by atoms with E-state index in [-0.39, 0.29) is 5.41 Å². The Hall–Kier alpha value is -5.60. The maximum absolute atomic E-state index is 2.41. The van der Waals surface area contributed by atoms with E-state index in [9.17, 15) is 0 Å². The summed E-state index contributed by atoms with van der Waals surface area (Å²) < 4.78 is 2.41. The summed E-state index contributed by atoms with van der Waals surface area (Å²) in [6, 6.07) is 57.6. The lowest BCUT2D eigenvalue weighted by atomic mass is 9.82. The first-order valence-corrected chi connectivity index (χ1v) is 15.7. The minimum absolute atomic E-state index is 0.0607. The topological polar surface area (TPSA) is 8.17 Å². The number of hydrogen-bond acceptors (Lipinski definition) is 1. The van der Waals surface area contributed by atoms with Crippen molar-refractivity contribution in [3.05, 3.63) is 169 Å². The highest BCUT2D eigenvalue weighted by molar-refractivity contribution is 6.21. The highest BCUT2D eigenvalue weighted by Gasteiger charge is 2.35. The summed E-state index contributed by atoms with van der Waals surface area (Å²) in [5.74, 6) is 0. The van der Waals surface area contributed by atoms with Crippen LogP contribution in [0.5, 0.6) is 0 Å². The van der Waals surface area contributed by atoms with Gasteiger partial charge in [0.1, 0.15) is 0 Å². The Bertz CT molecular complexity index is 2390. The number of benzene rings is 7. The molecule has 0 saturated carbocycles. The molecule has 0 N–H and O–H groups in total. The molecule has 0 amide bonds. The molecule has 8 aromatic rings. The van der Waals surface area contributed by atoms with Gasteiger partial charge < -0.3 is 9.47 Å². The van der Waals surface area contributed by atoms with Gasteiger partial charge >= 0.3 is 0 Å². The zero-order valence-electron chi connectivity index (χ0n) is 25.4. The molecule has 0 spiro atoms. The van der Waals surface area contributed by atoms with Crippen molar-refractivity contribution in [2.24, 2.45) is 0 Å². The number of anilines is 3. The van der Waals surface area contributed by atoms with Crippen LogP contribution >= 0.6 is 0 Å². The molecule has 9 rings (SSSR count). The molecule has 1 aliphatic carbocycles. The third kappa shape index (κ3) is 3.82. The van der Waals surface area contributed by atoms with E-state index in [0.29, 0.717) is 0 Å². The van der Waals surface area contributed by atoms with Gasteiger partial charge in [0.15, 0.2) is 0 Å². The average Bonchev–Trinajstić information content (AvgIpc) is 3.55. The SMILES string of the molecule is CC1(C)c2ccccc2-c2ccc(N(c3ccccc3)c3ccc(-n4c5ccccc5c5c6ccccc6ccc54)cc3)cc21. The van der Waals surface area contributed by atoms with Crippen LogP contribution in [0, 0.1) is 0 Å². The van der Waals surface area contributed by atoms with Gasteiger partial charge in [-0.2, -0.15) is 0 Å². The van der Waals surface area contributed by atoms with E-state index < -0.39 is 0 Å². The fourth-order valence-electron chi connectivity index (χ4n) is 7.62. The van der Waals surface area contributed by atoms with Crippen molar-refractivity contribution < 1.29 is 0 Å². The summed E-state index contributed by atoms with van der Waals surface area (Å²) >= 11 is 0. The molecular formula is C43H32N2. The number of para-hydroxylation sites is 2. The van der Waals surface area contributed by atoms with Crippen molar-refractivity contribution in [2.45, 2.75) is 19.3 Å². The van der Waals surface area contributed by atoms with Gasteiger partial charge in [-0.05, 0) is 93.7 Å². The Balaban J connectivity index is 1.20. The molecule has 0 atom stereocenters. The lowest BCUT2D eigenvalue weighted by Gasteiger charge is -2.28. The minimum Gasteiger partial charge on any atom is -0.310 e. The predicted molar refractivity (Wildman–Crippen MR) is 191 cm³/mol. The fraction of sp³-hybridized carbons (Fsp3) is 0.0698. The fourth-order valence-corrected chi connectivity index (χ4v) is 7.62. The van der Waals surface area contributed by atoms with E-state index >= 15 is 0 Å². The minimum atomic E-state index is -0.0607. The molecule has 214 valence electrons. The first kappa shape index (κ1) is 25.9. The van der Waals surface area contributed by atoms with Crippen LogP contribution in [0.2, 0.25) is 0 Å². The summed E-state index contributed by atoms with van der Waals surface area (Å²) in [6.45, 7) is 4.69. The number of hydrogen-bond donors (Lipinski definition) is 0. The van der Waals surface area contributed by atoms with Gasteiger partial charge in [0, 0.05) is 38.9 Å². The summed E-state index contributed by atoms with van der Waals surface area (Å²) in [7, 11) is 0. The average molecular weight is 577 g/mol. The molecule has 0 fully saturated rings. The van der Waals surface area contributed by atoms with Crippen molar-refractivity contribution >= 4 is 49.6 Å². The number of fused-ring (bicyclic) bond motifs is 8. The number of aromatic nitrogens is 1. The molecule has 0 saturated heterocycles. The second-order valence-electron chi connectivity index (χ2n) is 12.6. The molecule has 1 aromatic heterocycles. The third-order valence-electron chi connectivity index (χ3n) is 9.77. The quantitative estimate of drug-likeness (QED) is 0.202. The Morgan fingerprint density at radius 3 is 1.96 bits per heavy atom. The van der Waals surface area contributed by atoms with Gasteiger partial charge in [-0.3, -0.25) is 0 Å². The molecule has 2 nitrogen and oxygen atoms in total. The standard InChI is InChI=1S/C43H32N2/c1-43(2)38-18-10-8-16-35(38)36-26-25-33(28-39(36)43)44(30-13-4-3-5-14-30)31-21-23-32(24-22-31)45-40-19-11-9-17-37(40)42-34-15-7-6-12-29(34)20-27-41(42)45/h3-28H,1-2H3. The Labute approximate surface area is 263 Å². The molecule has 0 bridgehead atoms. The van der Waals surface area contributed by atoms with Gasteiger partial charge in [-0.1, -0.05) is 111 Å². The summed E-state index contributed by atoms with van der Waals surface area (Å²) in [5.41, 5.74) is 12.4. The highest BCUT2D eigenvalue weighted by Crippen LogP contribution is 2.50. The molecule has 0 radical (unpaired) electrons. The maximum atomic E-state index is 2.41. The molecule has 1 heterocycles. The van der Waals surface area contributed by atoms with Crippen molar-refractivity contribution in [1.29, 1.82) is 0 Å². The Morgan fingerprint density at radius 1 is 0.467 bits per heavy atom. The summed E-state index contributed by atoms with van der Waals surface area (Å²) in [5, 5.41) is 5.14. The molecule has 45 heavy (non-hydrogen) atoms. The molecule has 7 aromatic carbocycles. The van der Waals surface area contributed by atoms with Gasteiger partial charge in [0.2, 0.25) is 0 Å². The van der Waals surface area contributed by atoms with Crippen LogP contribution < -0.4 is 4.90 Å². The van der Waals surface area contributed by atoms with E-state index in [1.807, 2.05) is 0 Å². The molecular weight excluding hydrogens is 544 g/mol. The zero-order valence-corrected chi connectivity index (χ0v) is 25.4. The zero-order chi connectivity index (χ0) is 30.1. The second kappa shape index (κ2) is 9.70. The largest absolute Gasteiger partial charge is 0.310 e. The van der Waals surface area contributed by atoms with Crippen molar-refractivity contribution in [3.63, 3.8) is 0 Å². The number of nitrogens with zero attached hydrogens (tertiary/aromatic N) is 2. The van der Waals surface area contributed by atoms with Crippen molar-refractivity contribution in [3.8, 4) is 16.8 Å². The Kier molecular flexibility index (Phi) is 5.58. The van der Waals surface area contributed by atoms with Gasteiger partial charge in [0.25, 0.3) is 0 Å². The normalized spacial score (nSPS) is 13.3. The second-order valence-corrected chi connectivity index (χ2v) is 12.6. The van der Waals surface area contributed by atoms with Crippen LogP contribution in [0.4, 0.5) is 17.1 Å². The lowest BCUT2D eigenvalue weighted by molar-refractivity contribution is 0.660. The smallest absolute Gasteiger partial charge is 0.0547 e. The van der Waals surface area contributed by atoms with E-state index in [2.05, 4.69) is 181 Å². The first-order valence-electron chi connectivity index (χ1n) is 15.7. The first-order chi connectivity index (χ1) is 22.1. The van der Waals surface area contributed by atoms with E-state index in [1.165, 1.54) is 54.8 Å². The van der Waals surface area contributed by atoms with Crippen LogP contribution in [0.15, 0.2) is 158 Å².